The van der Waals surface area contributed by atoms with Gasteiger partial charge in [0.15, 0.2) is 0 Å². The molecule has 17 heavy (non-hydrogen) atoms. The summed E-state index contributed by atoms with van der Waals surface area (Å²) >= 11 is 0. The van der Waals surface area contributed by atoms with Gasteiger partial charge in [0.05, 0.1) is 13.2 Å². The molecular formula is C14H18N2O. The molecule has 0 fully saturated rings. The Hall–Kier alpha value is -1.53. The van der Waals surface area contributed by atoms with Gasteiger partial charge in [-0.25, -0.2) is 0 Å². The van der Waals surface area contributed by atoms with Gasteiger partial charge in [0.25, 0.3) is 0 Å². The Kier molecular flexibility index (Phi) is 3.08. The molecule has 3 nitrogen and oxygen atoms in total. The van der Waals surface area contributed by atoms with E-state index in [-0.39, 0.29) is 5.54 Å². The van der Waals surface area contributed by atoms with Crippen LogP contribution in [0, 0.1) is 11.3 Å². The van der Waals surface area contributed by atoms with Crippen molar-refractivity contribution in [3.05, 3.63) is 29.3 Å². The molecule has 2 rings (SSSR count). The average Bonchev–Trinajstić information content (AvgIpc) is 2.37. The van der Waals surface area contributed by atoms with Gasteiger partial charge >= 0.3 is 0 Å². The Balaban J connectivity index is 2.37. The van der Waals surface area contributed by atoms with Crippen molar-refractivity contribution in [3.63, 3.8) is 0 Å². The molecule has 1 atom stereocenters. The third-order valence-corrected chi connectivity index (χ3v) is 3.77. The highest BCUT2D eigenvalue weighted by molar-refractivity contribution is 5.40. The predicted octanol–water partition coefficient (Wildman–Crippen LogP) is 2.01. The lowest BCUT2D eigenvalue weighted by molar-refractivity contribution is 0.192. The van der Waals surface area contributed by atoms with E-state index in [0.717, 1.165) is 25.0 Å². The summed E-state index contributed by atoms with van der Waals surface area (Å²) in [6, 6.07) is 8.65. The number of rotatable bonds is 2. The van der Waals surface area contributed by atoms with Crippen LogP contribution in [0.2, 0.25) is 0 Å². The monoisotopic (exact) mass is 230 g/mol. The normalized spacial score (nSPS) is 23.0. The summed E-state index contributed by atoms with van der Waals surface area (Å²) in [7, 11) is 5.64. The topological polar surface area (TPSA) is 36.3 Å². The van der Waals surface area contributed by atoms with E-state index >= 15 is 0 Å². The summed E-state index contributed by atoms with van der Waals surface area (Å²) in [4.78, 5) is 2.04. The van der Waals surface area contributed by atoms with Gasteiger partial charge in [-0.1, -0.05) is 6.07 Å². The fourth-order valence-electron chi connectivity index (χ4n) is 2.46. The van der Waals surface area contributed by atoms with Gasteiger partial charge in [-0.05, 0) is 50.2 Å². The lowest BCUT2D eigenvalue weighted by Gasteiger charge is -2.37. The molecule has 0 aromatic heterocycles. The second kappa shape index (κ2) is 4.38. The van der Waals surface area contributed by atoms with Crippen LogP contribution < -0.4 is 4.74 Å². The fourth-order valence-corrected chi connectivity index (χ4v) is 2.46. The highest BCUT2D eigenvalue weighted by Crippen LogP contribution is 2.33. The van der Waals surface area contributed by atoms with Crippen molar-refractivity contribution < 1.29 is 4.74 Å². The third kappa shape index (κ3) is 2.01. The second-order valence-electron chi connectivity index (χ2n) is 4.85. The number of fused-ring (bicyclic) bond motifs is 1. The largest absolute Gasteiger partial charge is 0.497 e. The minimum atomic E-state index is -0.362. The van der Waals surface area contributed by atoms with Gasteiger partial charge in [0.2, 0.25) is 0 Å². The molecule has 0 amide bonds. The van der Waals surface area contributed by atoms with Crippen LogP contribution in [-0.4, -0.2) is 31.6 Å². The minimum Gasteiger partial charge on any atom is -0.497 e. The molecule has 1 aromatic carbocycles. The molecule has 0 N–H and O–H groups in total. The second-order valence-corrected chi connectivity index (χ2v) is 4.85. The summed E-state index contributed by atoms with van der Waals surface area (Å²) in [5.74, 6) is 0.872. The van der Waals surface area contributed by atoms with Gasteiger partial charge in [-0.3, -0.25) is 4.90 Å². The van der Waals surface area contributed by atoms with Crippen LogP contribution in [0.3, 0.4) is 0 Å². The van der Waals surface area contributed by atoms with Gasteiger partial charge in [-0.2, -0.15) is 5.26 Å². The van der Waals surface area contributed by atoms with Crippen molar-refractivity contribution >= 4 is 0 Å². The Labute approximate surface area is 103 Å². The molecule has 1 aromatic rings. The quantitative estimate of drug-likeness (QED) is 0.779. The van der Waals surface area contributed by atoms with Crippen LogP contribution in [0.15, 0.2) is 18.2 Å². The fraction of sp³-hybridized carbons (Fsp3) is 0.500. The Morgan fingerprint density at radius 3 is 2.71 bits per heavy atom. The first-order valence-corrected chi connectivity index (χ1v) is 5.86. The first-order valence-electron chi connectivity index (χ1n) is 5.86. The maximum Gasteiger partial charge on any atom is 0.119 e. The standard InChI is InChI=1S/C14H18N2O/c1-16(2)14(10-15)7-6-11-4-5-13(17-3)8-12(11)9-14/h4-5,8H,6-7,9H2,1-3H3. The molecule has 1 unspecified atom stereocenters. The third-order valence-electron chi connectivity index (χ3n) is 3.77. The Bertz CT molecular complexity index is 462. The van der Waals surface area contributed by atoms with E-state index < -0.39 is 0 Å². The van der Waals surface area contributed by atoms with E-state index in [1.807, 2.05) is 25.1 Å². The molecule has 0 saturated heterocycles. The number of hydrogen-bond acceptors (Lipinski definition) is 3. The number of ether oxygens (including phenoxy) is 1. The minimum absolute atomic E-state index is 0.362. The summed E-state index contributed by atoms with van der Waals surface area (Å²) in [6.45, 7) is 0. The highest BCUT2D eigenvalue weighted by atomic mass is 16.5. The first-order chi connectivity index (χ1) is 8.11. The Morgan fingerprint density at radius 1 is 1.35 bits per heavy atom. The van der Waals surface area contributed by atoms with Crippen molar-refractivity contribution in [2.45, 2.75) is 24.8 Å². The SMILES string of the molecule is COc1ccc2c(c1)CC(C#N)(N(C)C)CC2. The first kappa shape index (κ1) is 11.9. The van der Waals surface area contributed by atoms with Gasteiger partial charge < -0.3 is 4.74 Å². The van der Waals surface area contributed by atoms with E-state index in [0.29, 0.717) is 0 Å². The summed E-state index contributed by atoms with van der Waals surface area (Å²) in [5, 5.41) is 9.44. The molecule has 0 aliphatic heterocycles. The van der Waals surface area contributed by atoms with Crippen molar-refractivity contribution in [1.82, 2.24) is 4.90 Å². The number of hydrogen-bond donors (Lipinski definition) is 0. The van der Waals surface area contributed by atoms with Gasteiger partial charge in [-0.15, -0.1) is 0 Å². The molecule has 0 bridgehead atoms. The summed E-state index contributed by atoms with van der Waals surface area (Å²) < 4.78 is 5.25. The van der Waals surface area contributed by atoms with Crippen LogP contribution in [0.5, 0.6) is 5.75 Å². The molecular weight excluding hydrogens is 212 g/mol. The lowest BCUT2D eigenvalue weighted by Crippen LogP contribution is -2.47. The van der Waals surface area contributed by atoms with Crippen LogP contribution in [0.25, 0.3) is 0 Å². The van der Waals surface area contributed by atoms with Crippen molar-refractivity contribution in [2.24, 2.45) is 0 Å². The zero-order chi connectivity index (χ0) is 12.5. The molecule has 0 heterocycles. The number of nitrogens with zero attached hydrogens (tertiary/aromatic N) is 2. The highest BCUT2D eigenvalue weighted by Gasteiger charge is 2.36. The molecule has 90 valence electrons. The summed E-state index contributed by atoms with van der Waals surface area (Å²) in [6.07, 6.45) is 2.64. The lowest BCUT2D eigenvalue weighted by atomic mass is 9.78. The number of benzene rings is 1. The van der Waals surface area contributed by atoms with Crippen molar-refractivity contribution in [2.75, 3.05) is 21.2 Å². The van der Waals surface area contributed by atoms with Crippen LogP contribution in [-0.2, 0) is 12.8 Å². The smallest absolute Gasteiger partial charge is 0.119 e. The predicted molar refractivity (Wildman–Crippen MR) is 67.1 cm³/mol. The van der Waals surface area contributed by atoms with Crippen molar-refractivity contribution in [1.29, 1.82) is 5.26 Å². The zero-order valence-corrected chi connectivity index (χ0v) is 10.7. The number of likely N-dealkylation sites (N-methyl/N-ethyl adjacent to an activating group) is 1. The number of aryl methyl sites for hydroxylation is 1. The van der Waals surface area contributed by atoms with Gasteiger partial charge in [0.1, 0.15) is 11.3 Å². The number of methoxy groups -OCH3 is 1. The molecule has 3 heteroatoms. The van der Waals surface area contributed by atoms with E-state index in [4.69, 9.17) is 4.74 Å². The van der Waals surface area contributed by atoms with Crippen molar-refractivity contribution in [3.8, 4) is 11.8 Å². The van der Waals surface area contributed by atoms with E-state index in [1.165, 1.54) is 11.1 Å². The van der Waals surface area contributed by atoms with Crippen LogP contribution in [0.1, 0.15) is 17.5 Å². The molecule has 0 spiro atoms. The molecule has 1 aliphatic carbocycles. The van der Waals surface area contributed by atoms with E-state index in [9.17, 15) is 5.26 Å². The van der Waals surface area contributed by atoms with E-state index in [2.05, 4.69) is 18.2 Å². The number of nitriles is 1. The van der Waals surface area contributed by atoms with Crippen LogP contribution in [0.4, 0.5) is 0 Å². The van der Waals surface area contributed by atoms with E-state index in [1.54, 1.807) is 7.11 Å². The molecule has 1 aliphatic rings. The van der Waals surface area contributed by atoms with Crippen LogP contribution >= 0.6 is 0 Å². The molecule has 0 saturated carbocycles. The maximum atomic E-state index is 9.44. The average molecular weight is 230 g/mol. The Morgan fingerprint density at radius 2 is 2.12 bits per heavy atom. The summed E-state index contributed by atoms with van der Waals surface area (Å²) in [5.41, 5.74) is 2.23. The molecule has 0 radical (unpaired) electrons. The maximum absolute atomic E-state index is 9.44. The van der Waals surface area contributed by atoms with Gasteiger partial charge in [0, 0.05) is 6.42 Å². The zero-order valence-electron chi connectivity index (χ0n) is 10.7.